The summed E-state index contributed by atoms with van der Waals surface area (Å²) in [6.45, 7) is 0.684. The summed E-state index contributed by atoms with van der Waals surface area (Å²) in [4.78, 5) is 8.64. The smallest absolute Gasteiger partial charge is 0.159 e. The van der Waals surface area contributed by atoms with E-state index in [9.17, 15) is 0 Å². The highest BCUT2D eigenvalue weighted by Gasteiger charge is 2.01. The molecule has 0 amide bonds. The zero-order valence-electron chi connectivity index (χ0n) is 9.56. The molecule has 2 rings (SSSR count). The lowest BCUT2D eigenvalue weighted by Crippen LogP contribution is -1.97. The number of rotatable bonds is 4. The summed E-state index contributed by atoms with van der Waals surface area (Å²) in [5.74, 6) is 0.711. The summed E-state index contributed by atoms with van der Waals surface area (Å²) in [6, 6.07) is 7.48. The molecular weight excluding hydrogens is 236 g/mol. The van der Waals surface area contributed by atoms with Crippen LogP contribution in [0.3, 0.4) is 0 Å². The highest BCUT2D eigenvalue weighted by atomic mass is 35.5. The molecule has 4 heteroatoms. The average molecular weight is 249 g/mol. The largest absolute Gasteiger partial charge is 0.384 e. The van der Waals surface area contributed by atoms with Gasteiger partial charge in [0.2, 0.25) is 0 Å². The maximum atomic E-state index is 5.83. The van der Waals surface area contributed by atoms with Gasteiger partial charge in [-0.1, -0.05) is 11.6 Å². The molecule has 0 atom stereocenters. The second-order valence-corrected chi connectivity index (χ2v) is 4.10. The van der Waals surface area contributed by atoms with Crippen molar-refractivity contribution >= 4 is 11.6 Å². The number of hydrogen-bond donors (Lipinski definition) is 0. The van der Waals surface area contributed by atoms with Gasteiger partial charge in [0.25, 0.3) is 0 Å². The molecule has 0 N–H and O–H groups in total. The first-order valence-corrected chi connectivity index (χ1v) is 5.73. The standard InChI is InChI=1S/C13H13ClN2O/c1-17-7-6-10-8-15-13(16-9-10)11-2-4-12(14)5-3-11/h2-5,8-9H,6-7H2,1H3. The first kappa shape index (κ1) is 12.0. The quantitative estimate of drug-likeness (QED) is 0.834. The van der Waals surface area contributed by atoms with Gasteiger partial charge in [0.15, 0.2) is 5.82 Å². The number of benzene rings is 1. The predicted octanol–water partition coefficient (Wildman–Crippen LogP) is 2.99. The van der Waals surface area contributed by atoms with Crippen molar-refractivity contribution in [2.75, 3.05) is 13.7 Å². The summed E-state index contributed by atoms with van der Waals surface area (Å²) in [7, 11) is 1.68. The van der Waals surface area contributed by atoms with Gasteiger partial charge in [-0.15, -0.1) is 0 Å². The molecule has 0 unspecified atom stereocenters. The van der Waals surface area contributed by atoms with E-state index in [4.69, 9.17) is 16.3 Å². The minimum Gasteiger partial charge on any atom is -0.384 e. The molecule has 1 aromatic heterocycles. The first-order valence-electron chi connectivity index (χ1n) is 5.35. The Balaban J connectivity index is 2.14. The molecule has 0 spiro atoms. The highest BCUT2D eigenvalue weighted by molar-refractivity contribution is 6.30. The molecule has 3 nitrogen and oxygen atoms in total. The molecule has 0 bridgehead atoms. The van der Waals surface area contributed by atoms with Gasteiger partial charge >= 0.3 is 0 Å². The lowest BCUT2D eigenvalue weighted by atomic mass is 10.2. The number of hydrogen-bond acceptors (Lipinski definition) is 3. The Morgan fingerprint density at radius 1 is 1.12 bits per heavy atom. The van der Waals surface area contributed by atoms with E-state index in [2.05, 4.69) is 9.97 Å². The van der Waals surface area contributed by atoms with Crippen LogP contribution >= 0.6 is 11.6 Å². The fourth-order valence-electron chi connectivity index (χ4n) is 1.45. The van der Waals surface area contributed by atoms with Gasteiger partial charge in [-0.2, -0.15) is 0 Å². The fraction of sp³-hybridized carbons (Fsp3) is 0.231. The topological polar surface area (TPSA) is 35.0 Å². The van der Waals surface area contributed by atoms with Crippen LogP contribution in [0.1, 0.15) is 5.56 Å². The van der Waals surface area contributed by atoms with Crippen molar-refractivity contribution in [3.8, 4) is 11.4 Å². The molecule has 0 aliphatic carbocycles. The molecule has 1 heterocycles. The normalized spacial score (nSPS) is 10.5. The highest BCUT2D eigenvalue weighted by Crippen LogP contribution is 2.17. The summed E-state index contributed by atoms with van der Waals surface area (Å²) in [6.07, 6.45) is 4.49. The Bertz CT molecular complexity index is 468. The Labute approximate surface area is 105 Å². The second-order valence-electron chi connectivity index (χ2n) is 3.66. The van der Waals surface area contributed by atoms with E-state index in [0.717, 1.165) is 17.5 Å². The van der Waals surface area contributed by atoms with E-state index in [1.807, 2.05) is 36.7 Å². The Hall–Kier alpha value is -1.45. The molecule has 17 heavy (non-hydrogen) atoms. The minimum absolute atomic E-state index is 0.684. The van der Waals surface area contributed by atoms with E-state index in [1.165, 1.54) is 0 Å². The van der Waals surface area contributed by atoms with E-state index >= 15 is 0 Å². The van der Waals surface area contributed by atoms with Crippen LogP contribution in [0.25, 0.3) is 11.4 Å². The van der Waals surface area contributed by atoms with Crippen LogP contribution in [0, 0.1) is 0 Å². The maximum absolute atomic E-state index is 5.83. The third-order valence-corrected chi connectivity index (χ3v) is 2.65. The van der Waals surface area contributed by atoms with E-state index in [1.54, 1.807) is 7.11 Å². The molecule has 0 radical (unpaired) electrons. The van der Waals surface area contributed by atoms with Crippen LogP contribution in [0.4, 0.5) is 0 Å². The van der Waals surface area contributed by atoms with Gasteiger partial charge in [-0.05, 0) is 36.2 Å². The predicted molar refractivity (Wildman–Crippen MR) is 68.1 cm³/mol. The average Bonchev–Trinajstić information content (AvgIpc) is 2.38. The molecule has 1 aromatic carbocycles. The summed E-state index contributed by atoms with van der Waals surface area (Å²) < 4.78 is 5.00. The van der Waals surface area contributed by atoms with Gasteiger partial charge in [-0.3, -0.25) is 0 Å². The zero-order chi connectivity index (χ0) is 12.1. The van der Waals surface area contributed by atoms with Crippen molar-refractivity contribution in [1.29, 1.82) is 0 Å². The van der Waals surface area contributed by atoms with E-state index in [0.29, 0.717) is 17.5 Å². The van der Waals surface area contributed by atoms with Gasteiger partial charge in [0.1, 0.15) is 0 Å². The van der Waals surface area contributed by atoms with Crippen LogP contribution in [0.5, 0.6) is 0 Å². The van der Waals surface area contributed by atoms with Crippen molar-refractivity contribution in [2.24, 2.45) is 0 Å². The third kappa shape index (κ3) is 3.25. The zero-order valence-corrected chi connectivity index (χ0v) is 10.3. The molecule has 0 aliphatic rings. The Morgan fingerprint density at radius 2 is 1.76 bits per heavy atom. The van der Waals surface area contributed by atoms with Crippen LogP contribution < -0.4 is 0 Å². The number of halogens is 1. The van der Waals surface area contributed by atoms with Crippen LogP contribution in [0.2, 0.25) is 5.02 Å². The van der Waals surface area contributed by atoms with Gasteiger partial charge < -0.3 is 4.74 Å². The fourth-order valence-corrected chi connectivity index (χ4v) is 1.58. The third-order valence-electron chi connectivity index (χ3n) is 2.40. The summed E-state index contributed by atoms with van der Waals surface area (Å²) >= 11 is 5.83. The maximum Gasteiger partial charge on any atom is 0.159 e. The number of nitrogens with zero attached hydrogens (tertiary/aromatic N) is 2. The molecular formula is C13H13ClN2O. The van der Waals surface area contributed by atoms with Crippen molar-refractivity contribution in [3.63, 3.8) is 0 Å². The molecule has 88 valence electrons. The molecule has 0 saturated heterocycles. The summed E-state index contributed by atoms with van der Waals surface area (Å²) in [5, 5.41) is 0.713. The number of ether oxygens (including phenoxy) is 1. The van der Waals surface area contributed by atoms with Crippen molar-refractivity contribution in [2.45, 2.75) is 6.42 Å². The lowest BCUT2D eigenvalue weighted by molar-refractivity contribution is 0.202. The van der Waals surface area contributed by atoms with Crippen molar-refractivity contribution in [1.82, 2.24) is 9.97 Å². The van der Waals surface area contributed by atoms with Crippen molar-refractivity contribution in [3.05, 3.63) is 47.2 Å². The van der Waals surface area contributed by atoms with E-state index in [-0.39, 0.29) is 0 Å². The minimum atomic E-state index is 0.684. The van der Waals surface area contributed by atoms with Gasteiger partial charge in [0, 0.05) is 30.1 Å². The lowest BCUT2D eigenvalue weighted by Gasteiger charge is -2.02. The van der Waals surface area contributed by atoms with Crippen molar-refractivity contribution < 1.29 is 4.74 Å². The molecule has 0 aliphatic heterocycles. The molecule has 0 saturated carbocycles. The van der Waals surface area contributed by atoms with Gasteiger partial charge in [0.05, 0.1) is 6.61 Å². The molecule has 0 fully saturated rings. The van der Waals surface area contributed by atoms with E-state index < -0.39 is 0 Å². The Kier molecular flexibility index (Phi) is 4.07. The SMILES string of the molecule is COCCc1cnc(-c2ccc(Cl)cc2)nc1. The van der Waals surface area contributed by atoms with Crippen LogP contribution in [0.15, 0.2) is 36.7 Å². The number of methoxy groups -OCH3 is 1. The monoisotopic (exact) mass is 248 g/mol. The molecule has 2 aromatic rings. The van der Waals surface area contributed by atoms with Crippen LogP contribution in [-0.4, -0.2) is 23.7 Å². The Morgan fingerprint density at radius 3 is 2.35 bits per heavy atom. The number of aromatic nitrogens is 2. The van der Waals surface area contributed by atoms with Crippen LogP contribution in [-0.2, 0) is 11.2 Å². The van der Waals surface area contributed by atoms with Gasteiger partial charge in [-0.25, -0.2) is 9.97 Å². The first-order chi connectivity index (χ1) is 8.29. The summed E-state index contributed by atoms with van der Waals surface area (Å²) in [5.41, 5.74) is 2.04. The second kappa shape index (κ2) is 5.75.